The molecule has 56 valence electrons. The van der Waals surface area contributed by atoms with Gasteiger partial charge in [-0.2, -0.15) is 16.6 Å². The maximum absolute atomic E-state index is 8.60. The predicted octanol–water partition coefficient (Wildman–Crippen LogP) is 3.07. The molecule has 1 heterocycles. The van der Waals surface area contributed by atoms with Gasteiger partial charge in [-0.3, -0.25) is 0 Å². The molecule has 1 nitrogen and oxygen atoms in total. The summed E-state index contributed by atoms with van der Waals surface area (Å²) in [5, 5.41) is 12.7. The highest BCUT2D eigenvalue weighted by Gasteiger charge is 1.98. The number of allylic oxidation sites excluding steroid dienone is 2. The fourth-order valence-corrected chi connectivity index (χ4v) is 1.48. The van der Waals surface area contributed by atoms with Crippen molar-refractivity contribution < 1.29 is 0 Å². The van der Waals surface area contributed by atoms with E-state index in [0.29, 0.717) is 0 Å². The zero-order valence-electron chi connectivity index (χ0n) is 6.59. The molecule has 0 saturated carbocycles. The molecule has 0 spiro atoms. The second-order valence-corrected chi connectivity index (χ2v) is 3.15. The quantitative estimate of drug-likeness (QED) is 0.584. The molecule has 0 saturated heterocycles. The van der Waals surface area contributed by atoms with Crippen LogP contribution >= 0.6 is 11.3 Å². The summed E-state index contributed by atoms with van der Waals surface area (Å²) in [6.45, 7) is 3.81. The molecular weight excluding hydrogens is 154 g/mol. The lowest BCUT2D eigenvalue weighted by Crippen LogP contribution is -1.78. The molecule has 0 N–H and O–H groups in total. The van der Waals surface area contributed by atoms with Crippen LogP contribution in [0.5, 0.6) is 0 Å². The van der Waals surface area contributed by atoms with Crippen LogP contribution in [0.4, 0.5) is 0 Å². The molecule has 0 bridgehead atoms. The first kappa shape index (κ1) is 8.03. The van der Waals surface area contributed by atoms with E-state index >= 15 is 0 Å². The van der Waals surface area contributed by atoms with Crippen LogP contribution in [0.15, 0.2) is 22.4 Å². The zero-order chi connectivity index (χ0) is 8.27. The Morgan fingerprint density at radius 1 is 1.55 bits per heavy atom. The van der Waals surface area contributed by atoms with Gasteiger partial charge in [-0.15, -0.1) is 0 Å². The van der Waals surface area contributed by atoms with Gasteiger partial charge < -0.3 is 0 Å². The van der Waals surface area contributed by atoms with Gasteiger partial charge in [0.15, 0.2) is 0 Å². The second kappa shape index (κ2) is 3.36. The third kappa shape index (κ3) is 1.69. The van der Waals surface area contributed by atoms with Crippen molar-refractivity contribution in [1.29, 1.82) is 5.26 Å². The van der Waals surface area contributed by atoms with Crippen LogP contribution < -0.4 is 0 Å². The number of rotatable bonds is 1. The minimum Gasteiger partial charge on any atom is -0.193 e. The minimum atomic E-state index is 0.795. The molecule has 0 aliphatic heterocycles. The highest BCUT2D eigenvalue weighted by Crippen LogP contribution is 2.19. The largest absolute Gasteiger partial charge is 0.193 e. The van der Waals surface area contributed by atoms with Gasteiger partial charge in [0.05, 0.1) is 6.07 Å². The van der Waals surface area contributed by atoms with Crippen LogP contribution in [0.3, 0.4) is 0 Å². The van der Waals surface area contributed by atoms with Crippen LogP contribution in [-0.2, 0) is 0 Å². The Morgan fingerprint density at radius 2 is 2.27 bits per heavy atom. The fraction of sp³-hybridized carbons (Fsp3) is 0.222. The molecular formula is C9H9NS. The summed E-state index contributed by atoms with van der Waals surface area (Å²) in [6.07, 6.45) is 0. The standard InChI is InChI=1S/C9H9NS/c1-7(5-10)8(2)9-3-4-11-6-9/h3-4,6H,1-2H3. The predicted molar refractivity (Wildman–Crippen MR) is 48.2 cm³/mol. The van der Waals surface area contributed by atoms with Crippen molar-refractivity contribution in [2.75, 3.05) is 0 Å². The summed E-state index contributed by atoms with van der Waals surface area (Å²) in [6, 6.07) is 4.17. The number of nitrogens with zero attached hydrogens (tertiary/aromatic N) is 1. The van der Waals surface area contributed by atoms with E-state index in [1.54, 1.807) is 11.3 Å². The van der Waals surface area contributed by atoms with Gasteiger partial charge in [-0.05, 0) is 41.8 Å². The molecule has 0 aromatic carbocycles. The monoisotopic (exact) mass is 163 g/mol. The van der Waals surface area contributed by atoms with E-state index < -0.39 is 0 Å². The van der Waals surface area contributed by atoms with Crippen LogP contribution in [-0.4, -0.2) is 0 Å². The Hall–Kier alpha value is -1.07. The van der Waals surface area contributed by atoms with Crippen molar-refractivity contribution >= 4 is 16.9 Å². The molecule has 2 heteroatoms. The Bertz CT molecular complexity index is 301. The second-order valence-electron chi connectivity index (χ2n) is 2.37. The van der Waals surface area contributed by atoms with Crippen molar-refractivity contribution in [3.63, 3.8) is 0 Å². The van der Waals surface area contributed by atoms with Crippen molar-refractivity contribution in [3.8, 4) is 6.07 Å². The van der Waals surface area contributed by atoms with Gasteiger partial charge in [0.2, 0.25) is 0 Å². The Labute approximate surface area is 70.6 Å². The van der Waals surface area contributed by atoms with Crippen molar-refractivity contribution in [2.24, 2.45) is 0 Å². The normalized spacial score (nSPS) is 12.1. The van der Waals surface area contributed by atoms with E-state index in [1.807, 2.05) is 25.3 Å². The lowest BCUT2D eigenvalue weighted by atomic mass is 10.1. The summed E-state index contributed by atoms with van der Waals surface area (Å²) in [5.74, 6) is 0. The van der Waals surface area contributed by atoms with E-state index in [2.05, 4.69) is 11.4 Å². The molecule has 1 rings (SSSR count). The van der Waals surface area contributed by atoms with E-state index in [-0.39, 0.29) is 0 Å². The van der Waals surface area contributed by atoms with Crippen LogP contribution in [0.25, 0.3) is 5.57 Å². The highest BCUT2D eigenvalue weighted by atomic mass is 32.1. The molecule has 0 radical (unpaired) electrons. The topological polar surface area (TPSA) is 23.8 Å². The summed E-state index contributed by atoms with van der Waals surface area (Å²) < 4.78 is 0. The lowest BCUT2D eigenvalue weighted by molar-refractivity contribution is 1.43. The third-order valence-corrected chi connectivity index (χ3v) is 2.37. The average molecular weight is 163 g/mol. The maximum Gasteiger partial charge on any atom is 0.0947 e. The van der Waals surface area contributed by atoms with Crippen LogP contribution in [0.1, 0.15) is 19.4 Å². The van der Waals surface area contributed by atoms with Crippen molar-refractivity contribution in [2.45, 2.75) is 13.8 Å². The Kier molecular flexibility index (Phi) is 2.45. The first-order valence-electron chi connectivity index (χ1n) is 3.36. The van der Waals surface area contributed by atoms with E-state index in [1.165, 1.54) is 0 Å². The zero-order valence-corrected chi connectivity index (χ0v) is 7.40. The molecule has 0 aliphatic carbocycles. The van der Waals surface area contributed by atoms with Crippen molar-refractivity contribution in [1.82, 2.24) is 0 Å². The smallest absolute Gasteiger partial charge is 0.0947 e. The molecule has 1 aromatic heterocycles. The van der Waals surface area contributed by atoms with Crippen molar-refractivity contribution in [3.05, 3.63) is 28.0 Å². The number of nitriles is 1. The van der Waals surface area contributed by atoms with E-state index in [9.17, 15) is 0 Å². The summed E-state index contributed by atoms with van der Waals surface area (Å²) in [5.41, 5.74) is 3.03. The Balaban J connectivity index is 3.05. The van der Waals surface area contributed by atoms with Gasteiger partial charge in [0.25, 0.3) is 0 Å². The third-order valence-electron chi connectivity index (χ3n) is 1.68. The van der Waals surface area contributed by atoms with E-state index in [0.717, 1.165) is 16.7 Å². The van der Waals surface area contributed by atoms with Crippen LogP contribution in [0, 0.1) is 11.3 Å². The SMILES string of the molecule is CC(C#N)=C(C)c1ccsc1. The summed E-state index contributed by atoms with van der Waals surface area (Å²) in [7, 11) is 0. The summed E-state index contributed by atoms with van der Waals surface area (Å²) >= 11 is 1.65. The Morgan fingerprint density at radius 3 is 2.73 bits per heavy atom. The molecule has 0 amide bonds. The molecule has 1 aromatic rings. The average Bonchev–Trinajstić information content (AvgIpc) is 2.53. The van der Waals surface area contributed by atoms with Gasteiger partial charge in [0.1, 0.15) is 0 Å². The van der Waals surface area contributed by atoms with Gasteiger partial charge >= 0.3 is 0 Å². The molecule has 0 unspecified atom stereocenters. The first-order chi connectivity index (χ1) is 5.25. The molecule has 0 fully saturated rings. The lowest BCUT2D eigenvalue weighted by Gasteiger charge is -1.95. The van der Waals surface area contributed by atoms with Gasteiger partial charge in [-0.1, -0.05) is 0 Å². The maximum atomic E-state index is 8.60. The van der Waals surface area contributed by atoms with E-state index in [4.69, 9.17) is 5.26 Å². The molecule has 0 aliphatic rings. The first-order valence-corrected chi connectivity index (χ1v) is 4.30. The van der Waals surface area contributed by atoms with Crippen LogP contribution in [0.2, 0.25) is 0 Å². The highest BCUT2D eigenvalue weighted by molar-refractivity contribution is 7.08. The minimum absolute atomic E-state index is 0.795. The number of hydrogen-bond donors (Lipinski definition) is 0. The van der Waals surface area contributed by atoms with Gasteiger partial charge in [-0.25, -0.2) is 0 Å². The van der Waals surface area contributed by atoms with Gasteiger partial charge in [0, 0.05) is 5.57 Å². The molecule has 11 heavy (non-hydrogen) atoms. The molecule has 0 atom stereocenters. The number of thiophene rings is 1. The fourth-order valence-electron chi connectivity index (χ4n) is 0.778. The number of hydrogen-bond acceptors (Lipinski definition) is 2. The summed E-state index contributed by atoms with van der Waals surface area (Å²) in [4.78, 5) is 0.